The largest absolute Gasteiger partial charge is 0.477 e. The van der Waals surface area contributed by atoms with Gasteiger partial charge in [-0.15, -0.1) is 11.3 Å². The molecule has 5 nitrogen and oxygen atoms in total. The van der Waals surface area contributed by atoms with Crippen LogP contribution in [0, 0.1) is 0 Å². The fourth-order valence-corrected chi connectivity index (χ4v) is 3.13. The number of rotatable bonds is 4. The molecule has 19 heavy (non-hydrogen) atoms. The van der Waals surface area contributed by atoms with Crippen molar-refractivity contribution < 1.29 is 9.90 Å². The predicted octanol–water partition coefficient (Wildman–Crippen LogP) is 2.82. The SMILES string of the molecule is CN(Cc1cc(Br)cs1)c1nc(C(=O)O)ccc1N. The van der Waals surface area contributed by atoms with E-state index in [0.717, 1.165) is 9.35 Å². The molecule has 2 aromatic rings. The number of anilines is 2. The number of halogens is 1. The molecule has 0 saturated carbocycles. The first-order chi connectivity index (χ1) is 8.97. The molecule has 0 aliphatic heterocycles. The van der Waals surface area contributed by atoms with Gasteiger partial charge >= 0.3 is 5.97 Å². The summed E-state index contributed by atoms with van der Waals surface area (Å²) < 4.78 is 1.03. The number of aromatic nitrogens is 1. The molecule has 0 aliphatic carbocycles. The molecule has 0 atom stereocenters. The Hall–Kier alpha value is -1.60. The lowest BCUT2D eigenvalue weighted by Crippen LogP contribution is -2.19. The molecule has 0 bridgehead atoms. The van der Waals surface area contributed by atoms with Gasteiger partial charge in [-0.25, -0.2) is 9.78 Å². The summed E-state index contributed by atoms with van der Waals surface area (Å²) in [5.41, 5.74) is 6.30. The molecular formula is C12H12BrN3O2S. The molecule has 0 spiro atoms. The summed E-state index contributed by atoms with van der Waals surface area (Å²) in [5, 5.41) is 10.9. The molecule has 7 heteroatoms. The molecule has 3 N–H and O–H groups in total. The normalized spacial score (nSPS) is 10.4. The van der Waals surface area contributed by atoms with Gasteiger partial charge in [0.2, 0.25) is 0 Å². The van der Waals surface area contributed by atoms with Crippen molar-refractivity contribution >= 4 is 44.7 Å². The number of nitrogen functional groups attached to an aromatic ring is 1. The third-order valence-electron chi connectivity index (χ3n) is 2.50. The van der Waals surface area contributed by atoms with Gasteiger partial charge in [0, 0.05) is 21.8 Å². The van der Waals surface area contributed by atoms with Crippen LogP contribution in [0.15, 0.2) is 28.1 Å². The first-order valence-corrected chi connectivity index (χ1v) is 7.08. The number of carboxylic acid groups (broad SMARTS) is 1. The number of carboxylic acids is 1. The maximum atomic E-state index is 10.9. The molecule has 0 saturated heterocycles. The number of nitrogens with two attached hydrogens (primary N) is 1. The summed E-state index contributed by atoms with van der Waals surface area (Å²) in [4.78, 5) is 18.0. The van der Waals surface area contributed by atoms with Crippen LogP contribution in [0.4, 0.5) is 11.5 Å². The molecule has 0 unspecified atom stereocenters. The van der Waals surface area contributed by atoms with Crippen LogP contribution in [0.3, 0.4) is 0 Å². The Morgan fingerprint density at radius 3 is 2.89 bits per heavy atom. The molecular weight excluding hydrogens is 330 g/mol. The Morgan fingerprint density at radius 1 is 1.58 bits per heavy atom. The second-order valence-corrected chi connectivity index (χ2v) is 5.91. The van der Waals surface area contributed by atoms with Crippen LogP contribution >= 0.6 is 27.3 Å². The molecule has 0 amide bonds. The molecule has 0 fully saturated rings. The Morgan fingerprint density at radius 2 is 2.32 bits per heavy atom. The smallest absolute Gasteiger partial charge is 0.354 e. The summed E-state index contributed by atoms with van der Waals surface area (Å²) in [6.07, 6.45) is 0. The summed E-state index contributed by atoms with van der Waals surface area (Å²) in [6, 6.07) is 4.97. The predicted molar refractivity (Wildman–Crippen MR) is 79.7 cm³/mol. The van der Waals surface area contributed by atoms with Gasteiger partial charge in [0.05, 0.1) is 12.2 Å². The van der Waals surface area contributed by atoms with E-state index in [1.807, 2.05) is 23.4 Å². The zero-order valence-electron chi connectivity index (χ0n) is 10.1. The van der Waals surface area contributed by atoms with Crippen LogP contribution in [-0.2, 0) is 6.54 Å². The van der Waals surface area contributed by atoms with Crippen molar-refractivity contribution in [2.24, 2.45) is 0 Å². The Kier molecular flexibility index (Phi) is 4.06. The zero-order chi connectivity index (χ0) is 14.0. The average molecular weight is 342 g/mol. The van der Waals surface area contributed by atoms with Gasteiger partial charge in [0.15, 0.2) is 11.5 Å². The molecule has 0 aromatic carbocycles. The fraction of sp³-hybridized carbons (Fsp3) is 0.167. The lowest BCUT2D eigenvalue weighted by molar-refractivity contribution is 0.0690. The second-order valence-electron chi connectivity index (χ2n) is 4.00. The highest BCUT2D eigenvalue weighted by molar-refractivity contribution is 9.10. The Bertz CT molecular complexity index is 615. The van der Waals surface area contributed by atoms with Gasteiger partial charge in [-0.2, -0.15) is 0 Å². The van der Waals surface area contributed by atoms with Crippen molar-refractivity contribution in [3.05, 3.63) is 38.6 Å². The first kappa shape index (κ1) is 13.8. The van der Waals surface area contributed by atoms with E-state index in [-0.39, 0.29) is 5.69 Å². The van der Waals surface area contributed by atoms with E-state index in [9.17, 15) is 4.79 Å². The van der Waals surface area contributed by atoms with Crippen molar-refractivity contribution in [1.29, 1.82) is 0 Å². The van der Waals surface area contributed by atoms with E-state index in [4.69, 9.17) is 10.8 Å². The van der Waals surface area contributed by atoms with Gasteiger partial charge in [0.25, 0.3) is 0 Å². The van der Waals surface area contributed by atoms with Gasteiger partial charge < -0.3 is 15.7 Å². The molecule has 2 rings (SSSR count). The zero-order valence-corrected chi connectivity index (χ0v) is 12.5. The third kappa shape index (κ3) is 3.24. The maximum Gasteiger partial charge on any atom is 0.354 e. The second kappa shape index (κ2) is 5.58. The summed E-state index contributed by atoms with van der Waals surface area (Å²) in [7, 11) is 1.83. The average Bonchev–Trinajstić information content (AvgIpc) is 2.74. The van der Waals surface area contributed by atoms with E-state index < -0.39 is 5.97 Å². The number of nitrogens with zero attached hydrogens (tertiary/aromatic N) is 2. The van der Waals surface area contributed by atoms with Gasteiger partial charge in [-0.3, -0.25) is 0 Å². The number of pyridine rings is 1. The molecule has 2 aromatic heterocycles. The standard InChI is InChI=1S/C12H12BrN3O2S/c1-16(5-8-4-7(13)6-19-8)11-9(14)2-3-10(15-11)12(17)18/h2-4,6H,5,14H2,1H3,(H,17,18). The van der Waals surface area contributed by atoms with Crippen LogP contribution < -0.4 is 10.6 Å². The monoisotopic (exact) mass is 341 g/mol. The first-order valence-electron chi connectivity index (χ1n) is 5.41. The summed E-state index contributed by atoms with van der Waals surface area (Å²) in [6.45, 7) is 0.622. The van der Waals surface area contributed by atoms with E-state index in [2.05, 4.69) is 20.9 Å². The van der Waals surface area contributed by atoms with E-state index in [0.29, 0.717) is 18.1 Å². The number of carbonyl (C=O) groups is 1. The topological polar surface area (TPSA) is 79.5 Å². The lowest BCUT2D eigenvalue weighted by Gasteiger charge is -2.19. The van der Waals surface area contributed by atoms with E-state index in [1.54, 1.807) is 17.4 Å². The number of aromatic carboxylic acids is 1. The van der Waals surface area contributed by atoms with E-state index in [1.165, 1.54) is 6.07 Å². The minimum Gasteiger partial charge on any atom is -0.477 e. The highest BCUT2D eigenvalue weighted by atomic mass is 79.9. The summed E-state index contributed by atoms with van der Waals surface area (Å²) >= 11 is 5.01. The van der Waals surface area contributed by atoms with Crippen LogP contribution in [0.2, 0.25) is 0 Å². The number of hydrogen-bond acceptors (Lipinski definition) is 5. The van der Waals surface area contributed by atoms with Crippen LogP contribution in [-0.4, -0.2) is 23.1 Å². The number of thiophene rings is 1. The third-order valence-corrected chi connectivity index (χ3v) is 4.18. The van der Waals surface area contributed by atoms with Crippen molar-refractivity contribution in [3.8, 4) is 0 Å². The van der Waals surface area contributed by atoms with Gasteiger partial charge in [-0.05, 0) is 34.1 Å². The van der Waals surface area contributed by atoms with Crippen molar-refractivity contribution in [2.75, 3.05) is 17.7 Å². The van der Waals surface area contributed by atoms with Crippen LogP contribution in [0.25, 0.3) is 0 Å². The summed E-state index contributed by atoms with van der Waals surface area (Å²) in [5.74, 6) is -0.585. The minimum atomic E-state index is -1.06. The van der Waals surface area contributed by atoms with Crippen LogP contribution in [0.1, 0.15) is 15.4 Å². The molecule has 2 heterocycles. The molecule has 100 valence electrons. The van der Waals surface area contributed by atoms with Crippen molar-refractivity contribution in [2.45, 2.75) is 6.54 Å². The van der Waals surface area contributed by atoms with Crippen LogP contribution in [0.5, 0.6) is 0 Å². The Labute approximate surface area is 122 Å². The van der Waals surface area contributed by atoms with Crippen molar-refractivity contribution in [1.82, 2.24) is 4.98 Å². The quantitative estimate of drug-likeness (QED) is 0.893. The highest BCUT2D eigenvalue weighted by Gasteiger charge is 2.13. The lowest BCUT2D eigenvalue weighted by atomic mass is 10.3. The maximum absolute atomic E-state index is 10.9. The van der Waals surface area contributed by atoms with Crippen molar-refractivity contribution in [3.63, 3.8) is 0 Å². The minimum absolute atomic E-state index is 0.0107. The number of hydrogen-bond donors (Lipinski definition) is 2. The molecule has 0 radical (unpaired) electrons. The van der Waals surface area contributed by atoms with E-state index >= 15 is 0 Å². The molecule has 0 aliphatic rings. The fourth-order valence-electron chi connectivity index (χ4n) is 1.63. The highest BCUT2D eigenvalue weighted by Crippen LogP contribution is 2.25. The van der Waals surface area contributed by atoms with Gasteiger partial charge in [-0.1, -0.05) is 0 Å². The van der Waals surface area contributed by atoms with Gasteiger partial charge in [0.1, 0.15) is 0 Å². The Balaban J connectivity index is 2.25.